The summed E-state index contributed by atoms with van der Waals surface area (Å²) in [5, 5.41) is 9.20. The number of amides is 2. The van der Waals surface area contributed by atoms with Gasteiger partial charge in [0.15, 0.2) is 0 Å². The van der Waals surface area contributed by atoms with Crippen molar-refractivity contribution in [3.8, 4) is 0 Å². The molecule has 2 aliphatic rings. The molecule has 3 heterocycles. The number of hydrogen-bond acceptors (Lipinski definition) is 5. The number of nitrogens with zero attached hydrogens (tertiary/aromatic N) is 3. The molecule has 0 unspecified atom stereocenters. The summed E-state index contributed by atoms with van der Waals surface area (Å²) < 4.78 is 0. The zero-order chi connectivity index (χ0) is 15.5. The Balaban J connectivity index is 1.78. The van der Waals surface area contributed by atoms with Crippen LogP contribution in [0.1, 0.15) is 32.1 Å². The Labute approximate surface area is 129 Å². The van der Waals surface area contributed by atoms with Crippen LogP contribution in [0.15, 0.2) is 18.3 Å². The van der Waals surface area contributed by atoms with Gasteiger partial charge in [0.05, 0.1) is 5.69 Å². The van der Waals surface area contributed by atoms with Crippen molar-refractivity contribution in [2.24, 2.45) is 5.92 Å². The Bertz CT molecular complexity index is 552. The Morgan fingerprint density at radius 2 is 1.86 bits per heavy atom. The fourth-order valence-electron chi connectivity index (χ4n) is 3.11. The summed E-state index contributed by atoms with van der Waals surface area (Å²) in [6, 6.07) is 3.53. The molecule has 0 aliphatic carbocycles. The van der Waals surface area contributed by atoms with E-state index in [-0.39, 0.29) is 18.4 Å². The zero-order valence-electron chi connectivity index (χ0n) is 12.6. The molecule has 0 saturated carbocycles. The molecule has 3 rings (SSSR count). The van der Waals surface area contributed by atoms with Gasteiger partial charge in [0.1, 0.15) is 5.82 Å². The summed E-state index contributed by atoms with van der Waals surface area (Å²) in [6.07, 6.45) is 5.00. The average molecular weight is 303 g/mol. The van der Waals surface area contributed by atoms with E-state index in [0.717, 1.165) is 31.7 Å². The first kappa shape index (κ1) is 15.0. The van der Waals surface area contributed by atoms with Crippen molar-refractivity contribution in [1.29, 1.82) is 0 Å². The minimum atomic E-state index is -0.132. The number of anilines is 2. The predicted molar refractivity (Wildman–Crippen MR) is 82.6 cm³/mol. The normalized spacial score (nSPS) is 20.6. The van der Waals surface area contributed by atoms with Crippen LogP contribution in [0.4, 0.5) is 11.5 Å². The Kier molecular flexibility index (Phi) is 4.38. The van der Waals surface area contributed by atoms with Crippen LogP contribution in [-0.2, 0) is 9.59 Å². The highest BCUT2D eigenvalue weighted by Crippen LogP contribution is 2.27. The lowest BCUT2D eigenvalue weighted by Crippen LogP contribution is -2.40. The van der Waals surface area contributed by atoms with E-state index < -0.39 is 0 Å². The molecule has 1 aromatic rings. The standard InChI is InChI=1S/C16H21N3O3/c20-11-12-5-8-18(9-6-12)14-10-13(4-7-17-14)19-15(21)2-1-3-16(19)22/h4,7,10,12,20H,1-3,5-6,8-9,11H2. The fourth-order valence-corrected chi connectivity index (χ4v) is 3.11. The number of carbonyl (C=O) groups is 2. The van der Waals surface area contributed by atoms with Gasteiger partial charge in [0.25, 0.3) is 0 Å². The molecule has 22 heavy (non-hydrogen) atoms. The van der Waals surface area contributed by atoms with Gasteiger partial charge in [0.2, 0.25) is 11.8 Å². The third kappa shape index (κ3) is 2.97. The molecule has 1 aromatic heterocycles. The van der Waals surface area contributed by atoms with E-state index in [1.165, 1.54) is 4.90 Å². The third-order valence-electron chi connectivity index (χ3n) is 4.46. The Hall–Kier alpha value is -1.95. The smallest absolute Gasteiger partial charge is 0.233 e. The SMILES string of the molecule is O=C1CCCC(=O)N1c1ccnc(N2CCC(CO)CC2)c1. The number of piperidine rings is 2. The molecule has 6 nitrogen and oxygen atoms in total. The van der Waals surface area contributed by atoms with Gasteiger partial charge in [-0.15, -0.1) is 0 Å². The van der Waals surface area contributed by atoms with Crippen LogP contribution in [-0.4, -0.2) is 41.6 Å². The van der Waals surface area contributed by atoms with Gasteiger partial charge in [-0.3, -0.25) is 14.5 Å². The third-order valence-corrected chi connectivity index (χ3v) is 4.46. The molecular weight excluding hydrogens is 282 g/mol. The molecule has 2 fully saturated rings. The summed E-state index contributed by atoms with van der Waals surface area (Å²) in [5.41, 5.74) is 0.615. The highest BCUT2D eigenvalue weighted by Gasteiger charge is 2.28. The quantitative estimate of drug-likeness (QED) is 0.853. The fraction of sp³-hybridized carbons (Fsp3) is 0.562. The summed E-state index contributed by atoms with van der Waals surface area (Å²) in [6.45, 7) is 1.91. The van der Waals surface area contributed by atoms with Gasteiger partial charge in [-0.05, 0) is 31.2 Å². The highest BCUT2D eigenvalue weighted by atomic mass is 16.3. The van der Waals surface area contributed by atoms with Crippen molar-refractivity contribution < 1.29 is 14.7 Å². The Morgan fingerprint density at radius 1 is 1.18 bits per heavy atom. The van der Waals surface area contributed by atoms with Crippen LogP contribution in [0.2, 0.25) is 0 Å². The second-order valence-corrected chi connectivity index (χ2v) is 5.96. The summed E-state index contributed by atoms with van der Waals surface area (Å²) in [5.74, 6) is 0.893. The van der Waals surface area contributed by atoms with Gasteiger partial charge < -0.3 is 10.0 Å². The van der Waals surface area contributed by atoms with Crippen molar-refractivity contribution >= 4 is 23.3 Å². The van der Waals surface area contributed by atoms with E-state index in [4.69, 9.17) is 0 Å². The van der Waals surface area contributed by atoms with Crippen LogP contribution in [0.25, 0.3) is 0 Å². The first-order chi connectivity index (χ1) is 10.7. The van der Waals surface area contributed by atoms with Crippen LogP contribution < -0.4 is 9.80 Å². The second kappa shape index (κ2) is 6.44. The average Bonchev–Trinajstić information content (AvgIpc) is 2.55. The van der Waals surface area contributed by atoms with E-state index in [9.17, 15) is 14.7 Å². The van der Waals surface area contributed by atoms with Gasteiger partial charge in [-0.1, -0.05) is 0 Å². The maximum absolute atomic E-state index is 12.0. The number of pyridine rings is 1. The number of imide groups is 1. The lowest BCUT2D eigenvalue weighted by molar-refractivity contribution is -0.129. The van der Waals surface area contributed by atoms with Crippen molar-refractivity contribution in [3.05, 3.63) is 18.3 Å². The van der Waals surface area contributed by atoms with Crippen molar-refractivity contribution in [2.75, 3.05) is 29.5 Å². The summed E-state index contributed by atoms with van der Waals surface area (Å²) >= 11 is 0. The molecule has 0 atom stereocenters. The van der Waals surface area contributed by atoms with E-state index in [0.29, 0.717) is 30.9 Å². The second-order valence-electron chi connectivity index (χ2n) is 5.96. The Morgan fingerprint density at radius 3 is 2.50 bits per heavy atom. The molecule has 2 aliphatic heterocycles. The van der Waals surface area contributed by atoms with E-state index in [1.807, 2.05) is 6.07 Å². The monoisotopic (exact) mass is 303 g/mol. The molecule has 0 bridgehead atoms. The number of hydrogen-bond donors (Lipinski definition) is 1. The highest BCUT2D eigenvalue weighted by molar-refractivity contribution is 6.16. The van der Waals surface area contributed by atoms with Gasteiger partial charge in [-0.25, -0.2) is 4.98 Å². The van der Waals surface area contributed by atoms with Crippen LogP contribution in [0, 0.1) is 5.92 Å². The minimum absolute atomic E-state index is 0.132. The predicted octanol–water partition coefficient (Wildman–Crippen LogP) is 1.33. The maximum atomic E-state index is 12.0. The molecular formula is C16H21N3O3. The summed E-state index contributed by atoms with van der Waals surface area (Å²) in [7, 11) is 0. The maximum Gasteiger partial charge on any atom is 0.233 e. The molecule has 0 spiro atoms. The molecule has 2 amide bonds. The van der Waals surface area contributed by atoms with Gasteiger partial charge >= 0.3 is 0 Å². The topological polar surface area (TPSA) is 73.7 Å². The van der Waals surface area contributed by atoms with Crippen molar-refractivity contribution in [2.45, 2.75) is 32.1 Å². The first-order valence-electron chi connectivity index (χ1n) is 7.86. The van der Waals surface area contributed by atoms with Crippen LogP contribution in [0.3, 0.4) is 0 Å². The van der Waals surface area contributed by atoms with E-state index in [2.05, 4.69) is 9.88 Å². The van der Waals surface area contributed by atoms with E-state index in [1.54, 1.807) is 12.3 Å². The van der Waals surface area contributed by atoms with Crippen molar-refractivity contribution in [3.63, 3.8) is 0 Å². The molecule has 0 radical (unpaired) electrons. The van der Waals surface area contributed by atoms with Gasteiger partial charge in [-0.2, -0.15) is 0 Å². The van der Waals surface area contributed by atoms with Crippen LogP contribution in [0.5, 0.6) is 0 Å². The number of aromatic nitrogens is 1. The molecule has 0 aromatic carbocycles. The summed E-state index contributed by atoms with van der Waals surface area (Å²) in [4.78, 5) is 31.8. The largest absolute Gasteiger partial charge is 0.396 e. The first-order valence-corrected chi connectivity index (χ1v) is 7.86. The van der Waals surface area contributed by atoms with Gasteiger partial charge in [0, 0.05) is 44.8 Å². The van der Waals surface area contributed by atoms with Crippen LogP contribution >= 0.6 is 0 Å². The van der Waals surface area contributed by atoms with Crippen molar-refractivity contribution in [1.82, 2.24) is 4.98 Å². The number of aliphatic hydroxyl groups excluding tert-OH is 1. The minimum Gasteiger partial charge on any atom is -0.396 e. The number of carbonyl (C=O) groups excluding carboxylic acids is 2. The molecule has 118 valence electrons. The molecule has 6 heteroatoms. The lowest BCUT2D eigenvalue weighted by atomic mass is 9.98. The number of aliphatic hydroxyl groups is 1. The molecule has 1 N–H and O–H groups in total. The van der Waals surface area contributed by atoms with E-state index >= 15 is 0 Å². The zero-order valence-corrected chi connectivity index (χ0v) is 12.6. The number of rotatable bonds is 3. The molecule has 2 saturated heterocycles. The lowest BCUT2D eigenvalue weighted by Gasteiger charge is -2.32.